The van der Waals surface area contributed by atoms with Crippen LogP contribution in [0.25, 0.3) is 10.1 Å². The average molecular weight is 366 g/mol. The first kappa shape index (κ1) is 16.9. The van der Waals surface area contributed by atoms with Crippen LogP contribution in [0, 0.1) is 0 Å². The normalized spacial score (nSPS) is 17.7. The molecule has 0 unspecified atom stereocenters. The summed E-state index contributed by atoms with van der Waals surface area (Å²) in [6, 6.07) is 7.44. The number of halogens is 1. The molecule has 1 aliphatic carbocycles. The molecule has 7 heteroatoms. The van der Waals surface area contributed by atoms with Gasteiger partial charge >= 0.3 is 5.97 Å². The Bertz CT molecular complexity index is 801. The molecule has 1 aromatic heterocycles. The van der Waals surface area contributed by atoms with E-state index in [0.717, 1.165) is 22.9 Å². The van der Waals surface area contributed by atoms with Crippen LogP contribution in [0.5, 0.6) is 0 Å². The number of carbonyl (C=O) groups is 3. The summed E-state index contributed by atoms with van der Waals surface area (Å²) in [5, 5.41) is 3.69. The molecule has 2 aromatic rings. The van der Waals surface area contributed by atoms with Crippen molar-refractivity contribution in [3.63, 3.8) is 0 Å². The number of benzene rings is 1. The smallest absolute Gasteiger partial charge is 0.326 e. The van der Waals surface area contributed by atoms with Crippen LogP contribution in [0.3, 0.4) is 0 Å². The van der Waals surface area contributed by atoms with Crippen LogP contribution in [-0.4, -0.2) is 30.3 Å². The number of carbonyl (C=O) groups excluding carboxylic acids is 3. The Balaban J connectivity index is 1.59. The van der Waals surface area contributed by atoms with E-state index >= 15 is 0 Å². The van der Waals surface area contributed by atoms with Crippen LogP contribution in [-0.2, 0) is 14.3 Å². The molecule has 0 radical (unpaired) electrons. The predicted molar refractivity (Wildman–Crippen MR) is 92.5 cm³/mol. The van der Waals surface area contributed by atoms with Gasteiger partial charge in [-0.2, -0.15) is 0 Å². The highest BCUT2D eigenvalue weighted by Crippen LogP contribution is 2.34. The van der Waals surface area contributed by atoms with Gasteiger partial charge in [0.2, 0.25) is 0 Å². The minimum Gasteiger partial charge on any atom is -0.453 e. The lowest BCUT2D eigenvalue weighted by molar-refractivity contribution is -0.155. The van der Waals surface area contributed by atoms with Gasteiger partial charge in [-0.25, -0.2) is 0 Å². The number of thiophene rings is 1. The minimum absolute atomic E-state index is 0.0477. The number of amides is 1. The Labute approximate surface area is 147 Å². The standard InChI is InChI=1S/C17H16ClNO4S/c18-15-10-5-1-4-8-13(10)24-16(15)17(22)19-9-14(21)23-12-7-3-2-6-11(12)20/h1,4-5,8,12H,2-3,6-7,9H2,(H,19,22)/t12-/m0/s1. The lowest BCUT2D eigenvalue weighted by Gasteiger charge is -2.20. The summed E-state index contributed by atoms with van der Waals surface area (Å²) in [4.78, 5) is 36.1. The van der Waals surface area contributed by atoms with E-state index < -0.39 is 18.0 Å². The van der Waals surface area contributed by atoms with Gasteiger partial charge < -0.3 is 10.1 Å². The van der Waals surface area contributed by atoms with E-state index in [4.69, 9.17) is 16.3 Å². The van der Waals surface area contributed by atoms with Crippen LogP contribution in [0.15, 0.2) is 24.3 Å². The van der Waals surface area contributed by atoms with Gasteiger partial charge in [0, 0.05) is 16.5 Å². The van der Waals surface area contributed by atoms with Gasteiger partial charge in [0.25, 0.3) is 5.91 Å². The van der Waals surface area contributed by atoms with Crippen molar-refractivity contribution in [1.29, 1.82) is 0 Å². The van der Waals surface area contributed by atoms with Gasteiger partial charge in [-0.15, -0.1) is 11.3 Å². The van der Waals surface area contributed by atoms with Crippen molar-refractivity contribution in [3.05, 3.63) is 34.2 Å². The molecule has 1 amide bonds. The third kappa shape index (κ3) is 3.60. The molecule has 1 N–H and O–H groups in total. The molecule has 1 heterocycles. The summed E-state index contributed by atoms with van der Waals surface area (Å²) in [5.74, 6) is -1.08. The lowest BCUT2D eigenvalue weighted by atomic mass is 9.96. The highest BCUT2D eigenvalue weighted by atomic mass is 35.5. The molecule has 0 spiro atoms. The molecule has 0 saturated heterocycles. The fourth-order valence-electron chi connectivity index (χ4n) is 2.67. The lowest BCUT2D eigenvalue weighted by Crippen LogP contribution is -2.36. The molecular formula is C17H16ClNO4S. The Kier molecular flexibility index (Phi) is 5.16. The number of esters is 1. The quantitative estimate of drug-likeness (QED) is 0.843. The second-order valence-electron chi connectivity index (χ2n) is 5.61. The molecule has 1 aliphatic rings. The summed E-state index contributed by atoms with van der Waals surface area (Å²) in [6.07, 6.45) is 2.04. The van der Waals surface area contributed by atoms with E-state index in [1.807, 2.05) is 24.3 Å². The Hall–Kier alpha value is -1.92. The summed E-state index contributed by atoms with van der Waals surface area (Å²) >= 11 is 7.50. The number of fused-ring (bicyclic) bond motifs is 1. The van der Waals surface area contributed by atoms with Crippen molar-refractivity contribution in [2.45, 2.75) is 31.8 Å². The summed E-state index contributed by atoms with van der Waals surface area (Å²) < 4.78 is 6.05. The van der Waals surface area contributed by atoms with Gasteiger partial charge in [0.1, 0.15) is 11.4 Å². The molecule has 0 bridgehead atoms. The molecule has 1 aromatic carbocycles. The molecule has 3 rings (SSSR count). The Morgan fingerprint density at radius 2 is 2.08 bits per heavy atom. The summed E-state index contributed by atoms with van der Waals surface area (Å²) in [5.41, 5.74) is 0. The zero-order valence-corrected chi connectivity index (χ0v) is 14.4. The second kappa shape index (κ2) is 7.32. The minimum atomic E-state index is -0.670. The monoisotopic (exact) mass is 365 g/mol. The van der Waals surface area contributed by atoms with Gasteiger partial charge in [-0.3, -0.25) is 14.4 Å². The first-order valence-electron chi connectivity index (χ1n) is 7.73. The number of ether oxygens (including phenoxy) is 1. The van der Waals surface area contributed by atoms with E-state index in [-0.39, 0.29) is 12.3 Å². The number of nitrogens with one attached hydrogen (secondary N) is 1. The molecule has 24 heavy (non-hydrogen) atoms. The van der Waals surface area contributed by atoms with Crippen LogP contribution in [0.1, 0.15) is 35.4 Å². The number of hydrogen-bond acceptors (Lipinski definition) is 5. The molecular weight excluding hydrogens is 350 g/mol. The molecule has 1 fully saturated rings. The largest absolute Gasteiger partial charge is 0.453 e. The maximum Gasteiger partial charge on any atom is 0.326 e. The molecule has 1 saturated carbocycles. The number of rotatable bonds is 4. The van der Waals surface area contributed by atoms with Crippen LogP contribution in [0.2, 0.25) is 5.02 Å². The SMILES string of the molecule is O=C(CNC(=O)c1sc2ccccc2c1Cl)O[C@H]1CCCCC1=O. The molecule has 1 atom stereocenters. The van der Waals surface area contributed by atoms with E-state index in [0.29, 0.717) is 22.7 Å². The van der Waals surface area contributed by atoms with Crippen molar-refractivity contribution in [2.75, 3.05) is 6.54 Å². The Morgan fingerprint density at radius 1 is 1.29 bits per heavy atom. The first-order chi connectivity index (χ1) is 11.6. The third-order valence-corrected chi connectivity index (χ3v) is 5.58. The summed E-state index contributed by atoms with van der Waals surface area (Å²) in [7, 11) is 0. The molecule has 5 nitrogen and oxygen atoms in total. The van der Waals surface area contributed by atoms with Crippen molar-refractivity contribution >= 4 is 50.7 Å². The van der Waals surface area contributed by atoms with E-state index in [9.17, 15) is 14.4 Å². The van der Waals surface area contributed by atoms with Crippen LogP contribution < -0.4 is 5.32 Å². The number of hydrogen-bond donors (Lipinski definition) is 1. The number of ketones is 1. The van der Waals surface area contributed by atoms with Gasteiger partial charge in [0.05, 0.1) is 5.02 Å². The maximum atomic E-state index is 12.2. The van der Waals surface area contributed by atoms with E-state index in [1.165, 1.54) is 11.3 Å². The van der Waals surface area contributed by atoms with E-state index in [2.05, 4.69) is 5.32 Å². The zero-order chi connectivity index (χ0) is 17.1. The Morgan fingerprint density at radius 3 is 2.83 bits per heavy atom. The van der Waals surface area contributed by atoms with E-state index in [1.54, 1.807) is 0 Å². The molecule has 126 valence electrons. The van der Waals surface area contributed by atoms with Gasteiger partial charge in [-0.05, 0) is 25.3 Å². The fourth-order valence-corrected chi connectivity index (χ4v) is 4.10. The highest BCUT2D eigenvalue weighted by Gasteiger charge is 2.26. The summed E-state index contributed by atoms with van der Waals surface area (Å²) in [6.45, 7) is -0.285. The average Bonchev–Trinajstić information content (AvgIpc) is 2.92. The van der Waals surface area contributed by atoms with Crippen LogP contribution >= 0.6 is 22.9 Å². The number of Topliss-reactive ketones (excluding diaryl/α,β-unsaturated/α-hetero) is 1. The second-order valence-corrected chi connectivity index (χ2v) is 7.04. The van der Waals surface area contributed by atoms with Crippen molar-refractivity contribution < 1.29 is 19.1 Å². The third-order valence-electron chi connectivity index (χ3n) is 3.91. The highest BCUT2D eigenvalue weighted by molar-refractivity contribution is 7.21. The zero-order valence-electron chi connectivity index (χ0n) is 12.8. The van der Waals surface area contributed by atoms with Crippen molar-refractivity contribution in [1.82, 2.24) is 5.32 Å². The fraction of sp³-hybridized carbons (Fsp3) is 0.353. The van der Waals surface area contributed by atoms with Gasteiger partial charge in [0.15, 0.2) is 11.9 Å². The topological polar surface area (TPSA) is 72.5 Å². The molecule has 0 aliphatic heterocycles. The predicted octanol–water partition coefficient (Wildman–Crippen LogP) is 3.34. The van der Waals surface area contributed by atoms with Gasteiger partial charge in [-0.1, -0.05) is 29.8 Å². The van der Waals surface area contributed by atoms with Crippen molar-refractivity contribution in [3.8, 4) is 0 Å². The van der Waals surface area contributed by atoms with Crippen molar-refractivity contribution in [2.24, 2.45) is 0 Å². The van der Waals surface area contributed by atoms with Crippen LogP contribution in [0.4, 0.5) is 0 Å². The maximum absolute atomic E-state index is 12.2. The first-order valence-corrected chi connectivity index (χ1v) is 8.93.